The van der Waals surface area contributed by atoms with Crippen LogP contribution in [0.25, 0.3) is 0 Å². The molecule has 0 amide bonds. The predicted octanol–water partition coefficient (Wildman–Crippen LogP) is 2.06. The summed E-state index contributed by atoms with van der Waals surface area (Å²) in [5.74, 6) is 0.608. The van der Waals surface area contributed by atoms with Gasteiger partial charge in [-0.3, -0.25) is 4.90 Å². The number of nitrogens with zero attached hydrogens (tertiary/aromatic N) is 2. The third kappa shape index (κ3) is 3.13. The molecule has 0 aromatic carbocycles. The summed E-state index contributed by atoms with van der Waals surface area (Å²) in [6, 6.07) is 4.48. The molecule has 1 saturated heterocycles. The van der Waals surface area contributed by atoms with E-state index >= 15 is 0 Å². The SMILES string of the molecule is CCC(C)(C(Cc1ccnc(N)c1)NC)N1CCCC1. The van der Waals surface area contributed by atoms with Crippen molar-refractivity contribution in [1.82, 2.24) is 15.2 Å². The highest BCUT2D eigenvalue weighted by Crippen LogP contribution is 2.29. The first-order valence-corrected chi connectivity index (χ1v) is 7.73. The maximum Gasteiger partial charge on any atom is 0.123 e. The Hall–Kier alpha value is -1.13. The summed E-state index contributed by atoms with van der Waals surface area (Å²) in [5, 5.41) is 3.54. The molecule has 0 radical (unpaired) electrons. The van der Waals surface area contributed by atoms with Crippen molar-refractivity contribution in [2.45, 2.75) is 51.1 Å². The van der Waals surface area contributed by atoms with Crippen molar-refractivity contribution in [3.05, 3.63) is 23.9 Å². The van der Waals surface area contributed by atoms with E-state index in [1.54, 1.807) is 6.20 Å². The van der Waals surface area contributed by atoms with Crippen LogP contribution in [-0.2, 0) is 6.42 Å². The number of aromatic nitrogens is 1. The molecule has 1 aromatic heterocycles. The van der Waals surface area contributed by atoms with E-state index in [-0.39, 0.29) is 5.54 Å². The molecule has 1 aliphatic rings. The maximum atomic E-state index is 5.80. The second-order valence-corrected chi connectivity index (χ2v) is 6.04. The quantitative estimate of drug-likeness (QED) is 0.835. The first-order chi connectivity index (χ1) is 9.60. The van der Waals surface area contributed by atoms with Crippen LogP contribution in [0.4, 0.5) is 5.82 Å². The number of hydrogen-bond acceptors (Lipinski definition) is 4. The van der Waals surface area contributed by atoms with Gasteiger partial charge in [-0.1, -0.05) is 6.92 Å². The number of nitrogens with two attached hydrogens (primary N) is 1. The fraction of sp³-hybridized carbons (Fsp3) is 0.688. The first-order valence-electron chi connectivity index (χ1n) is 7.73. The molecule has 0 saturated carbocycles. The number of nitrogens with one attached hydrogen (secondary N) is 1. The molecule has 2 heterocycles. The molecule has 112 valence electrons. The van der Waals surface area contributed by atoms with E-state index in [4.69, 9.17) is 5.73 Å². The molecule has 0 bridgehead atoms. The van der Waals surface area contributed by atoms with Gasteiger partial charge in [0.25, 0.3) is 0 Å². The zero-order chi connectivity index (χ0) is 14.6. The summed E-state index contributed by atoms with van der Waals surface area (Å²) in [5.41, 5.74) is 7.26. The average molecular weight is 276 g/mol. The number of hydrogen-bond donors (Lipinski definition) is 2. The highest BCUT2D eigenvalue weighted by molar-refractivity contribution is 5.32. The van der Waals surface area contributed by atoms with Gasteiger partial charge in [0.05, 0.1) is 0 Å². The van der Waals surface area contributed by atoms with Crippen molar-refractivity contribution in [1.29, 1.82) is 0 Å². The van der Waals surface area contributed by atoms with Crippen molar-refractivity contribution >= 4 is 5.82 Å². The predicted molar refractivity (Wildman–Crippen MR) is 84.7 cm³/mol. The van der Waals surface area contributed by atoms with Crippen molar-refractivity contribution in [3.63, 3.8) is 0 Å². The topological polar surface area (TPSA) is 54.2 Å². The fourth-order valence-electron chi connectivity index (χ4n) is 3.41. The molecular formula is C16H28N4. The Morgan fingerprint density at radius 3 is 2.70 bits per heavy atom. The van der Waals surface area contributed by atoms with Crippen LogP contribution in [0.15, 0.2) is 18.3 Å². The van der Waals surface area contributed by atoms with Gasteiger partial charge in [-0.15, -0.1) is 0 Å². The molecule has 1 aliphatic heterocycles. The van der Waals surface area contributed by atoms with Crippen LogP contribution in [-0.4, -0.2) is 41.6 Å². The van der Waals surface area contributed by atoms with Crippen LogP contribution >= 0.6 is 0 Å². The summed E-state index contributed by atoms with van der Waals surface area (Å²) in [4.78, 5) is 6.73. The van der Waals surface area contributed by atoms with Crippen molar-refractivity contribution in [3.8, 4) is 0 Å². The Morgan fingerprint density at radius 1 is 1.45 bits per heavy atom. The summed E-state index contributed by atoms with van der Waals surface area (Å²) in [7, 11) is 2.07. The minimum atomic E-state index is 0.198. The number of rotatable bonds is 6. The molecule has 2 unspecified atom stereocenters. The molecule has 4 heteroatoms. The van der Waals surface area contributed by atoms with Gasteiger partial charge in [-0.2, -0.15) is 0 Å². The summed E-state index contributed by atoms with van der Waals surface area (Å²) >= 11 is 0. The lowest BCUT2D eigenvalue weighted by Gasteiger charge is -2.44. The Labute approximate surface area is 122 Å². The highest BCUT2D eigenvalue weighted by Gasteiger charge is 2.38. The number of pyridine rings is 1. The van der Waals surface area contributed by atoms with Crippen LogP contribution in [0.2, 0.25) is 0 Å². The molecule has 0 spiro atoms. The van der Waals surface area contributed by atoms with E-state index in [1.165, 1.54) is 31.5 Å². The lowest BCUT2D eigenvalue weighted by Crippen LogP contribution is -2.58. The van der Waals surface area contributed by atoms with Crippen LogP contribution in [0.3, 0.4) is 0 Å². The highest BCUT2D eigenvalue weighted by atomic mass is 15.2. The third-order valence-corrected chi connectivity index (χ3v) is 4.93. The summed E-state index contributed by atoms with van der Waals surface area (Å²) in [6.45, 7) is 7.13. The van der Waals surface area contributed by atoms with Crippen molar-refractivity contribution in [2.75, 3.05) is 25.9 Å². The molecule has 20 heavy (non-hydrogen) atoms. The van der Waals surface area contributed by atoms with Gasteiger partial charge in [-0.05, 0) is 70.4 Å². The maximum absolute atomic E-state index is 5.80. The van der Waals surface area contributed by atoms with E-state index < -0.39 is 0 Å². The number of likely N-dealkylation sites (N-methyl/N-ethyl adjacent to an activating group) is 1. The van der Waals surface area contributed by atoms with Crippen molar-refractivity contribution < 1.29 is 0 Å². The number of likely N-dealkylation sites (tertiary alicyclic amines) is 1. The van der Waals surface area contributed by atoms with Gasteiger partial charge in [0.15, 0.2) is 0 Å². The van der Waals surface area contributed by atoms with Crippen LogP contribution < -0.4 is 11.1 Å². The minimum Gasteiger partial charge on any atom is -0.384 e. The Morgan fingerprint density at radius 2 is 2.15 bits per heavy atom. The van der Waals surface area contributed by atoms with Gasteiger partial charge in [0.2, 0.25) is 0 Å². The molecule has 4 nitrogen and oxygen atoms in total. The number of nitrogen functional groups attached to an aromatic ring is 1. The molecule has 0 aliphatic carbocycles. The summed E-state index contributed by atoms with van der Waals surface area (Å²) < 4.78 is 0. The first kappa shape index (κ1) is 15.3. The smallest absolute Gasteiger partial charge is 0.123 e. The van der Waals surface area contributed by atoms with E-state index in [9.17, 15) is 0 Å². The zero-order valence-corrected chi connectivity index (χ0v) is 13.0. The number of anilines is 1. The van der Waals surface area contributed by atoms with Gasteiger partial charge in [-0.25, -0.2) is 4.98 Å². The van der Waals surface area contributed by atoms with Crippen molar-refractivity contribution in [2.24, 2.45) is 0 Å². The van der Waals surface area contributed by atoms with E-state index in [2.05, 4.69) is 42.2 Å². The van der Waals surface area contributed by atoms with Gasteiger partial charge in [0, 0.05) is 17.8 Å². The lowest BCUT2D eigenvalue weighted by atomic mass is 9.84. The lowest BCUT2D eigenvalue weighted by molar-refractivity contribution is 0.0873. The molecule has 1 aromatic rings. The largest absolute Gasteiger partial charge is 0.384 e. The molecular weight excluding hydrogens is 248 g/mol. The monoisotopic (exact) mass is 276 g/mol. The van der Waals surface area contributed by atoms with Crippen LogP contribution in [0, 0.1) is 0 Å². The van der Waals surface area contributed by atoms with Gasteiger partial charge in [0.1, 0.15) is 5.82 Å². The molecule has 3 N–H and O–H groups in total. The average Bonchev–Trinajstić information content (AvgIpc) is 2.98. The van der Waals surface area contributed by atoms with Gasteiger partial charge < -0.3 is 11.1 Å². The molecule has 2 atom stereocenters. The van der Waals surface area contributed by atoms with Gasteiger partial charge >= 0.3 is 0 Å². The standard InChI is InChI=1S/C16H28N4/c1-4-16(2,20-9-5-6-10-20)14(18-3)11-13-7-8-19-15(17)12-13/h7-8,12,14,18H,4-6,9-11H2,1-3H3,(H2,17,19). The second-order valence-electron chi connectivity index (χ2n) is 6.04. The Kier molecular flexibility index (Phi) is 5.00. The second kappa shape index (κ2) is 6.55. The molecule has 2 rings (SSSR count). The van der Waals surface area contributed by atoms with Crippen LogP contribution in [0.1, 0.15) is 38.7 Å². The van der Waals surface area contributed by atoms with Crippen LogP contribution in [0.5, 0.6) is 0 Å². The van der Waals surface area contributed by atoms with E-state index in [0.29, 0.717) is 11.9 Å². The third-order valence-electron chi connectivity index (χ3n) is 4.93. The Bertz CT molecular complexity index is 428. The normalized spacial score (nSPS) is 20.8. The zero-order valence-electron chi connectivity index (χ0n) is 13.0. The molecule has 1 fully saturated rings. The fourth-order valence-corrected chi connectivity index (χ4v) is 3.41. The Balaban J connectivity index is 2.16. The van der Waals surface area contributed by atoms with E-state index in [0.717, 1.165) is 12.8 Å². The summed E-state index contributed by atoms with van der Waals surface area (Å²) in [6.07, 6.45) is 6.60. The minimum absolute atomic E-state index is 0.198. The van der Waals surface area contributed by atoms with E-state index in [1.807, 2.05) is 6.07 Å².